The summed E-state index contributed by atoms with van der Waals surface area (Å²) in [6.45, 7) is 9.65. The van der Waals surface area contributed by atoms with E-state index in [1.165, 1.54) is 122 Å². The average molecular weight is 520 g/mol. The van der Waals surface area contributed by atoms with Crippen molar-refractivity contribution < 1.29 is 9.47 Å². The topological polar surface area (TPSA) is 21.7 Å². The van der Waals surface area contributed by atoms with E-state index < -0.39 is 0 Å². The lowest BCUT2D eigenvalue weighted by Crippen LogP contribution is -2.30. The van der Waals surface area contributed by atoms with E-state index in [1.807, 2.05) is 0 Å². The van der Waals surface area contributed by atoms with E-state index in [4.69, 9.17) is 9.47 Å². The number of hydrogen-bond donors (Lipinski definition) is 0. The van der Waals surface area contributed by atoms with Crippen LogP contribution in [0.15, 0.2) is 0 Å². The van der Waals surface area contributed by atoms with Gasteiger partial charge in [0.1, 0.15) is 0 Å². The molecule has 0 amide bonds. The number of rotatable bonds is 28. The summed E-state index contributed by atoms with van der Waals surface area (Å²) in [6.07, 6.45) is 29.0. The molecule has 35 heavy (non-hydrogen) atoms. The highest BCUT2D eigenvalue weighted by Gasteiger charge is 2.18. The molecule has 0 saturated carbocycles. The molecule has 0 aliphatic carbocycles. The predicted molar refractivity (Wildman–Crippen MR) is 159 cm³/mol. The van der Waals surface area contributed by atoms with Crippen LogP contribution in [-0.4, -0.2) is 51.0 Å². The standard InChI is InChI=1S/C31H65NO2.ClH/c1-6-8-10-12-13-14-15-16-17-18-19-20-22-24-28-33-30(3)31(26-23-21-11-9-7-2)34-29-25-27-32(4)5;/h30-31H,6-29H2,1-5H3;1H. The molecule has 4 heteroatoms. The van der Waals surface area contributed by atoms with Crippen molar-refractivity contribution in [3.8, 4) is 0 Å². The zero-order valence-corrected chi connectivity index (χ0v) is 25.6. The fourth-order valence-electron chi connectivity index (χ4n) is 4.69. The minimum absolute atomic E-state index is 0. The summed E-state index contributed by atoms with van der Waals surface area (Å²) in [7, 11) is 4.26. The highest BCUT2D eigenvalue weighted by atomic mass is 35.5. The molecule has 0 spiro atoms. The molecule has 0 aliphatic rings. The highest BCUT2D eigenvalue weighted by molar-refractivity contribution is 5.85. The molecule has 0 heterocycles. The zero-order valence-electron chi connectivity index (χ0n) is 24.8. The van der Waals surface area contributed by atoms with E-state index in [-0.39, 0.29) is 24.6 Å². The molecule has 0 fully saturated rings. The molecule has 2 unspecified atom stereocenters. The Hall–Kier alpha value is 0.170. The lowest BCUT2D eigenvalue weighted by atomic mass is 10.0. The summed E-state index contributed by atoms with van der Waals surface area (Å²) >= 11 is 0. The van der Waals surface area contributed by atoms with E-state index in [9.17, 15) is 0 Å². The summed E-state index contributed by atoms with van der Waals surface area (Å²) in [5.41, 5.74) is 0. The lowest BCUT2D eigenvalue weighted by Gasteiger charge is -2.25. The van der Waals surface area contributed by atoms with Crippen LogP contribution in [0.3, 0.4) is 0 Å². The Morgan fingerprint density at radius 1 is 0.514 bits per heavy atom. The van der Waals surface area contributed by atoms with E-state index in [1.54, 1.807) is 0 Å². The van der Waals surface area contributed by atoms with Crippen LogP contribution in [0.1, 0.15) is 156 Å². The first kappa shape index (κ1) is 37.3. The van der Waals surface area contributed by atoms with Crippen molar-refractivity contribution in [2.24, 2.45) is 0 Å². The number of nitrogens with zero attached hydrogens (tertiary/aromatic N) is 1. The van der Waals surface area contributed by atoms with Gasteiger partial charge in [-0.2, -0.15) is 0 Å². The first-order valence-electron chi connectivity index (χ1n) is 15.5. The molecule has 0 rings (SSSR count). The molecular weight excluding hydrogens is 454 g/mol. The maximum atomic E-state index is 6.28. The van der Waals surface area contributed by atoms with Crippen molar-refractivity contribution in [2.45, 2.75) is 168 Å². The van der Waals surface area contributed by atoms with E-state index in [0.29, 0.717) is 0 Å². The molecule has 0 aromatic rings. The fourth-order valence-corrected chi connectivity index (χ4v) is 4.69. The quantitative estimate of drug-likeness (QED) is 0.0959. The van der Waals surface area contributed by atoms with Crippen molar-refractivity contribution in [1.82, 2.24) is 4.90 Å². The third kappa shape index (κ3) is 28.6. The Morgan fingerprint density at radius 2 is 0.914 bits per heavy atom. The van der Waals surface area contributed by atoms with Crippen LogP contribution < -0.4 is 0 Å². The van der Waals surface area contributed by atoms with Crippen LogP contribution >= 0.6 is 12.4 Å². The molecule has 0 saturated heterocycles. The molecular formula is C31H66ClNO2. The first-order valence-corrected chi connectivity index (χ1v) is 15.5. The molecule has 0 aromatic carbocycles. The van der Waals surface area contributed by atoms with E-state index in [2.05, 4.69) is 39.8 Å². The highest BCUT2D eigenvalue weighted by Crippen LogP contribution is 2.16. The maximum absolute atomic E-state index is 6.28. The summed E-state index contributed by atoms with van der Waals surface area (Å²) in [5, 5.41) is 0. The molecule has 0 aromatic heterocycles. The SMILES string of the molecule is CCCCCCCCCCCCCCCCOC(C)C(CCCCCCC)OCCCN(C)C.Cl. The molecule has 2 atom stereocenters. The van der Waals surface area contributed by atoms with Crippen LogP contribution in [0.2, 0.25) is 0 Å². The van der Waals surface area contributed by atoms with Crippen molar-refractivity contribution in [3.63, 3.8) is 0 Å². The third-order valence-electron chi connectivity index (χ3n) is 7.08. The fraction of sp³-hybridized carbons (Fsp3) is 1.00. The van der Waals surface area contributed by atoms with Crippen LogP contribution in [0.4, 0.5) is 0 Å². The van der Waals surface area contributed by atoms with Gasteiger partial charge in [0.25, 0.3) is 0 Å². The van der Waals surface area contributed by atoms with Gasteiger partial charge in [-0.1, -0.05) is 129 Å². The Balaban J connectivity index is 0. The van der Waals surface area contributed by atoms with Gasteiger partial charge in [-0.3, -0.25) is 0 Å². The van der Waals surface area contributed by atoms with Gasteiger partial charge in [-0.15, -0.1) is 12.4 Å². The molecule has 0 bridgehead atoms. The third-order valence-corrected chi connectivity index (χ3v) is 7.08. The Bertz CT molecular complexity index is 381. The molecule has 0 radical (unpaired) electrons. The minimum atomic E-state index is 0. The molecule has 3 nitrogen and oxygen atoms in total. The number of halogens is 1. The second-order valence-corrected chi connectivity index (χ2v) is 10.9. The van der Waals surface area contributed by atoms with Crippen molar-refractivity contribution in [1.29, 1.82) is 0 Å². The Morgan fingerprint density at radius 3 is 1.37 bits per heavy atom. The summed E-state index contributed by atoms with van der Waals surface area (Å²) in [5.74, 6) is 0. The second-order valence-electron chi connectivity index (χ2n) is 10.9. The van der Waals surface area contributed by atoms with Gasteiger partial charge in [0.2, 0.25) is 0 Å². The smallest absolute Gasteiger partial charge is 0.0833 e. The van der Waals surface area contributed by atoms with Crippen LogP contribution in [0.5, 0.6) is 0 Å². The van der Waals surface area contributed by atoms with E-state index >= 15 is 0 Å². The van der Waals surface area contributed by atoms with Gasteiger partial charge in [-0.25, -0.2) is 0 Å². The van der Waals surface area contributed by atoms with Gasteiger partial charge in [-0.05, 0) is 46.8 Å². The molecule has 0 aliphatic heterocycles. The zero-order chi connectivity index (χ0) is 25.1. The predicted octanol–water partition coefficient (Wildman–Crippen LogP) is 9.99. The van der Waals surface area contributed by atoms with E-state index in [0.717, 1.165) is 32.6 Å². The number of ether oxygens (including phenoxy) is 2. The number of unbranched alkanes of at least 4 members (excludes halogenated alkanes) is 17. The molecule has 0 N–H and O–H groups in total. The van der Waals surface area contributed by atoms with Gasteiger partial charge < -0.3 is 14.4 Å². The van der Waals surface area contributed by atoms with Crippen LogP contribution in [0, 0.1) is 0 Å². The maximum Gasteiger partial charge on any atom is 0.0833 e. The van der Waals surface area contributed by atoms with Crippen LogP contribution in [0.25, 0.3) is 0 Å². The first-order chi connectivity index (χ1) is 16.6. The van der Waals surface area contributed by atoms with Crippen molar-refractivity contribution >= 4 is 12.4 Å². The Kier molecular flexibility index (Phi) is 32.4. The summed E-state index contributed by atoms with van der Waals surface area (Å²) in [4.78, 5) is 2.23. The number of hydrogen-bond acceptors (Lipinski definition) is 3. The Labute approximate surface area is 228 Å². The average Bonchev–Trinajstić information content (AvgIpc) is 2.82. The van der Waals surface area contributed by atoms with Gasteiger partial charge in [0.15, 0.2) is 0 Å². The van der Waals surface area contributed by atoms with Gasteiger partial charge in [0.05, 0.1) is 12.2 Å². The second kappa shape index (κ2) is 30.4. The monoisotopic (exact) mass is 519 g/mol. The summed E-state index contributed by atoms with van der Waals surface area (Å²) < 4.78 is 12.5. The largest absolute Gasteiger partial charge is 0.376 e. The van der Waals surface area contributed by atoms with Crippen molar-refractivity contribution in [2.75, 3.05) is 33.9 Å². The van der Waals surface area contributed by atoms with Crippen molar-refractivity contribution in [3.05, 3.63) is 0 Å². The normalized spacial score (nSPS) is 13.2. The minimum Gasteiger partial charge on any atom is -0.376 e. The summed E-state index contributed by atoms with van der Waals surface area (Å²) in [6, 6.07) is 0. The van der Waals surface area contributed by atoms with Gasteiger partial charge in [0, 0.05) is 13.2 Å². The lowest BCUT2D eigenvalue weighted by molar-refractivity contribution is -0.0708. The molecule has 214 valence electrons. The van der Waals surface area contributed by atoms with Gasteiger partial charge >= 0.3 is 0 Å². The van der Waals surface area contributed by atoms with Crippen LogP contribution in [-0.2, 0) is 9.47 Å².